The lowest BCUT2D eigenvalue weighted by Gasteiger charge is -2.29. The van der Waals surface area contributed by atoms with E-state index in [1.54, 1.807) is 16.8 Å². The molecule has 0 spiro atoms. The number of aliphatic hydroxyl groups is 1. The number of benzene rings is 2. The number of hydrogen-bond donors (Lipinski definition) is 1. The molecule has 3 aromatic rings. The Bertz CT molecular complexity index is 1140. The first-order valence-corrected chi connectivity index (χ1v) is 12.9. The summed E-state index contributed by atoms with van der Waals surface area (Å²) in [6, 6.07) is 16.0. The highest BCUT2D eigenvalue weighted by molar-refractivity contribution is 5.65. The van der Waals surface area contributed by atoms with E-state index in [0.29, 0.717) is 31.3 Å². The van der Waals surface area contributed by atoms with Crippen molar-refractivity contribution in [2.75, 3.05) is 26.3 Å². The van der Waals surface area contributed by atoms with Gasteiger partial charge in [0, 0.05) is 44.9 Å². The smallest absolute Gasteiger partial charge is 0.222 e. The van der Waals surface area contributed by atoms with Crippen molar-refractivity contribution < 1.29 is 23.7 Å². The van der Waals surface area contributed by atoms with Gasteiger partial charge in [-0.05, 0) is 45.7 Å². The second-order valence-electron chi connectivity index (χ2n) is 10.6. The largest absolute Gasteiger partial charge is 0.439 e. The number of aliphatic hydroxyl groups excluding tert-OH is 1. The number of hydrogen-bond acceptors (Lipinski definition) is 6. The van der Waals surface area contributed by atoms with Gasteiger partial charge in [-0.1, -0.05) is 36.4 Å². The number of halogens is 1. The predicted octanol–water partition coefficient (Wildman–Crippen LogP) is 5.18. The second kappa shape index (κ2) is 12.2. The molecule has 0 unspecified atom stereocenters. The molecule has 2 atom stereocenters. The van der Waals surface area contributed by atoms with E-state index in [-0.39, 0.29) is 24.1 Å². The third-order valence-electron chi connectivity index (χ3n) is 6.19. The van der Waals surface area contributed by atoms with Crippen LogP contribution in [0.4, 0.5) is 4.39 Å². The maximum absolute atomic E-state index is 13.9. The minimum absolute atomic E-state index is 0.0974. The summed E-state index contributed by atoms with van der Waals surface area (Å²) >= 11 is 0. The van der Waals surface area contributed by atoms with Gasteiger partial charge in [-0.3, -0.25) is 4.90 Å². The zero-order valence-corrected chi connectivity index (χ0v) is 22.2. The van der Waals surface area contributed by atoms with Crippen LogP contribution >= 0.6 is 0 Å². The first kappa shape index (κ1) is 27.3. The Kier molecular flexibility index (Phi) is 8.97. The number of aromatic nitrogens is 2. The number of aryl methyl sites for hydroxylation is 1. The average molecular weight is 512 g/mol. The van der Waals surface area contributed by atoms with Crippen molar-refractivity contribution in [3.63, 3.8) is 0 Å². The van der Waals surface area contributed by atoms with E-state index in [1.807, 2.05) is 58.2 Å². The normalized spacial score (nSPS) is 16.9. The molecule has 0 radical (unpaired) electrons. The minimum atomic E-state index is -0.676. The van der Waals surface area contributed by atoms with Crippen molar-refractivity contribution in [1.29, 1.82) is 0 Å². The van der Waals surface area contributed by atoms with Crippen molar-refractivity contribution in [2.45, 2.75) is 58.0 Å². The van der Waals surface area contributed by atoms with Gasteiger partial charge in [-0.15, -0.1) is 0 Å². The van der Waals surface area contributed by atoms with Gasteiger partial charge in [0.2, 0.25) is 5.88 Å². The zero-order chi connectivity index (χ0) is 26.4. The standard InChI is InChI=1S/C29H38FN3O4/c1-29(2,3)36-20-23(34)17-33(18-25-14-9-15-35-25)19-26-27(21-10-6-5-7-11-21)31-32(4)28(26)37-24-13-8-12-22(30)16-24/h5-8,10-13,16,23,25,34H,9,14-15,17-20H2,1-4H3/t23-,25-/m1/s1. The van der Waals surface area contributed by atoms with Crippen LogP contribution in [0.15, 0.2) is 54.6 Å². The van der Waals surface area contributed by atoms with Crippen molar-refractivity contribution in [1.82, 2.24) is 14.7 Å². The molecule has 0 bridgehead atoms. The van der Waals surface area contributed by atoms with Crippen LogP contribution in [0.2, 0.25) is 0 Å². The summed E-state index contributed by atoms with van der Waals surface area (Å²) in [5.41, 5.74) is 2.26. The number of ether oxygens (including phenoxy) is 3. The lowest BCUT2D eigenvalue weighted by Crippen LogP contribution is -2.40. The monoisotopic (exact) mass is 511 g/mol. The molecule has 1 fully saturated rings. The van der Waals surface area contributed by atoms with E-state index in [4.69, 9.17) is 19.3 Å². The molecule has 4 rings (SSSR count). The molecule has 1 aliphatic rings. The number of rotatable bonds is 11. The Morgan fingerprint density at radius 1 is 1.19 bits per heavy atom. The summed E-state index contributed by atoms with van der Waals surface area (Å²) in [5.74, 6) is 0.557. The minimum Gasteiger partial charge on any atom is -0.439 e. The van der Waals surface area contributed by atoms with Gasteiger partial charge < -0.3 is 19.3 Å². The molecular formula is C29H38FN3O4. The number of nitrogens with zero attached hydrogens (tertiary/aromatic N) is 3. The van der Waals surface area contributed by atoms with E-state index >= 15 is 0 Å². The topological polar surface area (TPSA) is 69.0 Å². The lowest BCUT2D eigenvalue weighted by atomic mass is 10.1. The van der Waals surface area contributed by atoms with Crippen LogP contribution in [0.3, 0.4) is 0 Å². The van der Waals surface area contributed by atoms with Crippen molar-refractivity contribution in [2.24, 2.45) is 7.05 Å². The molecule has 2 heterocycles. The molecule has 1 aromatic heterocycles. The Morgan fingerprint density at radius 2 is 1.97 bits per heavy atom. The molecule has 37 heavy (non-hydrogen) atoms. The second-order valence-corrected chi connectivity index (χ2v) is 10.6. The third-order valence-corrected chi connectivity index (χ3v) is 6.19. The Balaban J connectivity index is 1.65. The zero-order valence-electron chi connectivity index (χ0n) is 22.2. The molecule has 2 aromatic carbocycles. The first-order valence-electron chi connectivity index (χ1n) is 12.9. The van der Waals surface area contributed by atoms with Crippen LogP contribution in [0.1, 0.15) is 39.2 Å². The predicted molar refractivity (Wildman–Crippen MR) is 141 cm³/mol. The molecule has 1 saturated heterocycles. The maximum atomic E-state index is 13.9. The van der Waals surface area contributed by atoms with Gasteiger partial charge in [0.1, 0.15) is 17.3 Å². The summed E-state index contributed by atoms with van der Waals surface area (Å²) in [5, 5.41) is 15.6. The van der Waals surface area contributed by atoms with Crippen molar-refractivity contribution in [3.8, 4) is 22.9 Å². The summed E-state index contributed by atoms with van der Waals surface area (Å²) < 4.78 is 33.6. The summed E-state index contributed by atoms with van der Waals surface area (Å²) in [6.07, 6.45) is 1.44. The molecular weight excluding hydrogens is 473 g/mol. The van der Waals surface area contributed by atoms with E-state index in [1.165, 1.54) is 12.1 Å². The molecule has 0 saturated carbocycles. The van der Waals surface area contributed by atoms with E-state index < -0.39 is 6.10 Å². The first-order chi connectivity index (χ1) is 17.7. The summed E-state index contributed by atoms with van der Waals surface area (Å²) in [4.78, 5) is 2.18. The van der Waals surface area contributed by atoms with Crippen LogP contribution in [-0.2, 0) is 23.1 Å². The van der Waals surface area contributed by atoms with Gasteiger partial charge in [0.15, 0.2) is 0 Å². The SMILES string of the molecule is Cn1nc(-c2ccccc2)c(CN(C[C@@H](O)COC(C)(C)C)C[C@H]2CCCO2)c1Oc1cccc(F)c1. The van der Waals surface area contributed by atoms with Gasteiger partial charge in [-0.25, -0.2) is 9.07 Å². The Morgan fingerprint density at radius 3 is 2.65 bits per heavy atom. The van der Waals surface area contributed by atoms with Gasteiger partial charge in [0.05, 0.1) is 30.0 Å². The quantitative estimate of drug-likeness (QED) is 0.383. The fourth-order valence-electron chi connectivity index (χ4n) is 4.49. The van der Waals surface area contributed by atoms with Crippen LogP contribution in [0.25, 0.3) is 11.3 Å². The van der Waals surface area contributed by atoms with Crippen LogP contribution in [-0.4, -0.2) is 63.9 Å². The highest BCUT2D eigenvalue weighted by Crippen LogP contribution is 2.34. The molecule has 0 amide bonds. The third kappa shape index (κ3) is 7.85. The van der Waals surface area contributed by atoms with Gasteiger partial charge in [-0.2, -0.15) is 5.10 Å². The highest BCUT2D eigenvalue weighted by atomic mass is 19.1. The Hall–Kier alpha value is -2.78. The van der Waals surface area contributed by atoms with E-state index in [9.17, 15) is 9.50 Å². The average Bonchev–Trinajstić information content (AvgIpc) is 3.46. The van der Waals surface area contributed by atoms with Gasteiger partial charge >= 0.3 is 0 Å². The fourth-order valence-corrected chi connectivity index (χ4v) is 4.49. The lowest BCUT2D eigenvalue weighted by molar-refractivity contribution is -0.0594. The van der Waals surface area contributed by atoms with E-state index in [2.05, 4.69) is 4.90 Å². The molecule has 8 heteroatoms. The van der Waals surface area contributed by atoms with Crippen molar-refractivity contribution in [3.05, 3.63) is 66.0 Å². The summed E-state index contributed by atoms with van der Waals surface area (Å²) in [6.45, 7) is 8.44. The van der Waals surface area contributed by atoms with Gasteiger partial charge in [0.25, 0.3) is 0 Å². The fraction of sp³-hybridized carbons (Fsp3) is 0.483. The van der Waals surface area contributed by atoms with Crippen LogP contribution in [0, 0.1) is 5.82 Å². The van der Waals surface area contributed by atoms with E-state index in [0.717, 1.165) is 36.3 Å². The van der Waals surface area contributed by atoms with Crippen molar-refractivity contribution >= 4 is 0 Å². The molecule has 1 aliphatic heterocycles. The molecule has 7 nitrogen and oxygen atoms in total. The summed E-state index contributed by atoms with van der Waals surface area (Å²) in [7, 11) is 1.82. The Labute approximate surface area is 218 Å². The van der Waals surface area contributed by atoms with Crippen LogP contribution in [0.5, 0.6) is 11.6 Å². The molecule has 200 valence electrons. The highest BCUT2D eigenvalue weighted by Gasteiger charge is 2.27. The maximum Gasteiger partial charge on any atom is 0.222 e. The van der Waals surface area contributed by atoms with Crippen LogP contribution < -0.4 is 4.74 Å². The molecule has 1 N–H and O–H groups in total. The molecule has 0 aliphatic carbocycles.